The maximum Gasteiger partial charge on any atom is 0.305 e. The molecule has 2 N–H and O–H groups in total. The smallest absolute Gasteiger partial charge is 0.305 e. The van der Waals surface area contributed by atoms with Gasteiger partial charge in [0.05, 0.1) is 25.8 Å². The van der Waals surface area contributed by atoms with E-state index in [1.165, 1.54) is 5.56 Å². The molecule has 1 aliphatic heterocycles. The number of rotatable bonds is 12. The number of fused-ring (bicyclic) bond motifs is 1. The number of aliphatic carboxylic acids is 1. The van der Waals surface area contributed by atoms with Crippen LogP contribution in [0.5, 0.6) is 5.75 Å². The van der Waals surface area contributed by atoms with Crippen LogP contribution in [0, 0.1) is 13.8 Å². The molecule has 0 unspecified atom stereocenters. The summed E-state index contributed by atoms with van der Waals surface area (Å²) in [5.74, 6) is -0.290. The number of aromatic nitrogens is 2. The fourth-order valence-corrected chi connectivity index (χ4v) is 5.78. The minimum Gasteiger partial charge on any atom is -0.493 e. The number of amides is 2. The Bertz CT molecular complexity index is 1690. The highest BCUT2D eigenvalue weighted by molar-refractivity contribution is 5.96. The number of nitrogens with zero attached hydrogens (tertiary/aromatic N) is 3. The quantitative estimate of drug-likeness (QED) is 0.192. The summed E-state index contributed by atoms with van der Waals surface area (Å²) in [6.45, 7) is 7.45. The minimum atomic E-state index is -0.959. The zero-order valence-corrected chi connectivity index (χ0v) is 26.1. The van der Waals surface area contributed by atoms with E-state index in [1.807, 2.05) is 58.4 Å². The van der Waals surface area contributed by atoms with E-state index < -0.39 is 12.0 Å². The van der Waals surface area contributed by atoms with E-state index in [0.29, 0.717) is 38.1 Å². The van der Waals surface area contributed by atoms with Crippen LogP contribution < -0.4 is 15.0 Å². The second-order valence-corrected chi connectivity index (χ2v) is 11.7. The molecule has 9 nitrogen and oxygen atoms in total. The van der Waals surface area contributed by atoms with Crippen molar-refractivity contribution in [2.45, 2.75) is 65.5 Å². The lowest BCUT2D eigenvalue weighted by molar-refractivity contribution is -0.137. The minimum absolute atomic E-state index is 0.106. The van der Waals surface area contributed by atoms with Crippen molar-refractivity contribution in [2.75, 3.05) is 18.1 Å². The Morgan fingerprint density at radius 1 is 1.07 bits per heavy atom. The molecule has 3 aromatic carbocycles. The second-order valence-electron chi connectivity index (χ2n) is 11.7. The van der Waals surface area contributed by atoms with Crippen molar-refractivity contribution >= 4 is 23.5 Å². The molecule has 0 spiro atoms. The number of benzene rings is 3. The van der Waals surface area contributed by atoms with Crippen LogP contribution in [-0.2, 0) is 22.6 Å². The number of carbonyl (C=O) groups excluding carboxylic acids is 2. The third-order valence-electron chi connectivity index (χ3n) is 8.24. The monoisotopic (exact) mass is 608 g/mol. The first-order valence-electron chi connectivity index (χ1n) is 15.5. The molecule has 0 fully saturated rings. The molecule has 234 valence electrons. The van der Waals surface area contributed by atoms with Gasteiger partial charge >= 0.3 is 5.97 Å². The average molecular weight is 609 g/mol. The predicted octanol–water partition coefficient (Wildman–Crippen LogP) is 5.95. The molecule has 2 heterocycles. The Balaban J connectivity index is 1.23. The van der Waals surface area contributed by atoms with Crippen LogP contribution in [0.3, 0.4) is 0 Å². The normalized spacial score (nSPS) is 13.2. The summed E-state index contributed by atoms with van der Waals surface area (Å²) in [4.78, 5) is 38.8. The zero-order chi connectivity index (χ0) is 31.9. The Kier molecular flexibility index (Phi) is 9.97. The lowest BCUT2D eigenvalue weighted by Crippen LogP contribution is -2.35. The van der Waals surface area contributed by atoms with Crippen LogP contribution in [-0.4, -0.2) is 51.9 Å². The Labute approximate surface area is 263 Å². The zero-order valence-electron chi connectivity index (χ0n) is 26.1. The highest BCUT2D eigenvalue weighted by Gasteiger charge is 2.25. The molecule has 0 saturated heterocycles. The number of aryl methyl sites for hydroxylation is 1. The number of hydrogen-bond donors (Lipinski definition) is 2. The Morgan fingerprint density at radius 3 is 2.69 bits per heavy atom. The first kappa shape index (κ1) is 31.5. The van der Waals surface area contributed by atoms with Gasteiger partial charge in [0.1, 0.15) is 5.75 Å². The van der Waals surface area contributed by atoms with Gasteiger partial charge in [-0.15, -0.1) is 0 Å². The molecule has 0 radical (unpaired) electrons. The van der Waals surface area contributed by atoms with E-state index >= 15 is 0 Å². The number of ether oxygens (including phenoxy) is 1. The molecular weight excluding hydrogens is 568 g/mol. The number of carboxylic acid groups (broad SMARTS) is 1. The highest BCUT2D eigenvalue weighted by Crippen LogP contribution is 2.36. The molecule has 2 amide bonds. The molecule has 4 aromatic rings. The van der Waals surface area contributed by atoms with E-state index in [-0.39, 0.29) is 18.2 Å². The predicted molar refractivity (Wildman–Crippen MR) is 174 cm³/mol. The molecular formula is C36H40N4O5. The first-order chi connectivity index (χ1) is 21.7. The standard InChI is InChI=1S/C36H40N4O5/c1-24-9-4-15-33(26(24)3)45-18-8-16-34(41)40-17-7-13-31-30(12-6-14-32(31)40)29-21-37-39(23-29)22-27-10-5-11-28(20-27)36(44)38-25(2)19-35(42)43/h4-6,9-12,14-15,20-21,23,25H,7-8,13,16-19,22H2,1-3H3,(H,38,44)(H,42,43)/t25-/m0/s1. The summed E-state index contributed by atoms with van der Waals surface area (Å²) >= 11 is 0. The molecule has 1 aromatic heterocycles. The van der Waals surface area contributed by atoms with Crippen molar-refractivity contribution < 1.29 is 24.2 Å². The van der Waals surface area contributed by atoms with Crippen molar-refractivity contribution in [2.24, 2.45) is 0 Å². The van der Waals surface area contributed by atoms with Crippen LogP contribution in [0.25, 0.3) is 11.1 Å². The summed E-state index contributed by atoms with van der Waals surface area (Å²) in [6, 6.07) is 18.9. The summed E-state index contributed by atoms with van der Waals surface area (Å²) < 4.78 is 7.81. The van der Waals surface area contributed by atoms with Gasteiger partial charge in [-0.05, 0) is 92.1 Å². The maximum absolute atomic E-state index is 13.3. The third-order valence-corrected chi connectivity index (χ3v) is 8.24. The molecule has 1 atom stereocenters. The highest BCUT2D eigenvalue weighted by atomic mass is 16.5. The number of hydrogen-bond acceptors (Lipinski definition) is 5. The van der Waals surface area contributed by atoms with Gasteiger partial charge < -0.3 is 20.1 Å². The summed E-state index contributed by atoms with van der Waals surface area (Å²) in [6.07, 6.45) is 6.53. The maximum atomic E-state index is 13.3. The van der Waals surface area contributed by atoms with Crippen molar-refractivity contribution in [3.05, 3.63) is 101 Å². The van der Waals surface area contributed by atoms with Crippen molar-refractivity contribution in [1.29, 1.82) is 0 Å². The molecule has 45 heavy (non-hydrogen) atoms. The second kappa shape index (κ2) is 14.2. The van der Waals surface area contributed by atoms with Gasteiger partial charge in [0.25, 0.3) is 5.91 Å². The van der Waals surface area contributed by atoms with Crippen LogP contribution >= 0.6 is 0 Å². The lowest BCUT2D eigenvalue weighted by Gasteiger charge is -2.31. The van der Waals surface area contributed by atoms with E-state index in [9.17, 15) is 14.4 Å². The van der Waals surface area contributed by atoms with Gasteiger partial charge in [0, 0.05) is 42.0 Å². The molecule has 5 rings (SSSR count). The number of carboxylic acids is 1. The van der Waals surface area contributed by atoms with Crippen molar-refractivity contribution in [1.82, 2.24) is 15.1 Å². The van der Waals surface area contributed by atoms with Gasteiger partial charge in [-0.2, -0.15) is 5.10 Å². The van der Waals surface area contributed by atoms with E-state index in [4.69, 9.17) is 9.84 Å². The molecule has 0 bridgehead atoms. The van der Waals surface area contributed by atoms with E-state index in [0.717, 1.165) is 52.1 Å². The average Bonchev–Trinajstić information content (AvgIpc) is 3.48. The molecule has 0 aliphatic carbocycles. The van der Waals surface area contributed by atoms with Gasteiger partial charge in [-0.1, -0.05) is 36.4 Å². The van der Waals surface area contributed by atoms with Crippen molar-refractivity contribution in [3.8, 4) is 16.9 Å². The number of carbonyl (C=O) groups is 3. The van der Waals surface area contributed by atoms with Gasteiger partial charge in [0.2, 0.25) is 5.91 Å². The van der Waals surface area contributed by atoms with Crippen molar-refractivity contribution in [3.63, 3.8) is 0 Å². The van der Waals surface area contributed by atoms with Crippen LogP contribution in [0.2, 0.25) is 0 Å². The Hall–Kier alpha value is -4.92. The summed E-state index contributed by atoms with van der Waals surface area (Å²) in [5.41, 5.74) is 7.84. The first-order valence-corrected chi connectivity index (χ1v) is 15.5. The fraction of sp³-hybridized carbons (Fsp3) is 0.333. The van der Waals surface area contributed by atoms with Crippen LogP contribution in [0.15, 0.2) is 73.1 Å². The SMILES string of the molecule is Cc1cccc(OCCCC(=O)N2CCCc3c(-c4cnn(Cc5cccc(C(=O)N[C@@H](C)CC(=O)O)c5)c4)cccc32)c1C. The van der Waals surface area contributed by atoms with Gasteiger partial charge in [0.15, 0.2) is 0 Å². The van der Waals surface area contributed by atoms with E-state index in [1.54, 1.807) is 19.1 Å². The largest absolute Gasteiger partial charge is 0.493 e. The molecule has 1 aliphatic rings. The number of nitrogens with one attached hydrogen (secondary N) is 1. The van der Waals surface area contributed by atoms with E-state index in [2.05, 4.69) is 36.4 Å². The van der Waals surface area contributed by atoms with Crippen LogP contribution in [0.4, 0.5) is 5.69 Å². The van der Waals surface area contributed by atoms with Gasteiger partial charge in [-0.3, -0.25) is 19.1 Å². The topological polar surface area (TPSA) is 114 Å². The van der Waals surface area contributed by atoms with Gasteiger partial charge in [-0.25, -0.2) is 0 Å². The lowest BCUT2D eigenvalue weighted by atomic mass is 9.93. The van der Waals surface area contributed by atoms with Crippen LogP contribution in [0.1, 0.15) is 65.2 Å². The Morgan fingerprint density at radius 2 is 1.87 bits per heavy atom. The molecule has 9 heteroatoms. The summed E-state index contributed by atoms with van der Waals surface area (Å²) in [7, 11) is 0. The fourth-order valence-electron chi connectivity index (χ4n) is 5.78. The third kappa shape index (κ3) is 7.78. The number of anilines is 1. The molecule has 0 saturated carbocycles. The summed E-state index contributed by atoms with van der Waals surface area (Å²) in [5, 5.41) is 16.3.